The number of rotatable bonds is 5. The quantitative estimate of drug-likeness (QED) is 0.833. The first-order valence-corrected chi connectivity index (χ1v) is 7.03. The number of nitrogens with zero attached hydrogens (tertiary/aromatic N) is 1. The van der Waals surface area contributed by atoms with Crippen molar-refractivity contribution < 1.29 is 27.6 Å². The summed E-state index contributed by atoms with van der Waals surface area (Å²) in [5.41, 5.74) is -0.568. The number of hydrogen-bond donors (Lipinski definition) is 1. The lowest BCUT2D eigenvalue weighted by Gasteiger charge is -2.14. The van der Waals surface area contributed by atoms with Gasteiger partial charge in [0.15, 0.2) is 0 Å². The van der Waals surface area contributed by atoms with Gasteiger partial charge in [0, 0.05) is 25.9 Å². The van der Waals surface area contributed by atoms with Gasteiger partial charge in [-0.25, -0.2) is 0 Å². The van der Waals surface area contributed by atoms with Crippen LogP contribution in [-0.2, 0) is 27.0 Å². The molecule has 8 heteroatoms. The van der Waals surface area contributed by atoms with Gasteiger partial charge in [-0.05, 0) is 11.6 Å². The van der Waals surface area contributed by atoms with Crippen LogP contribution in [0.3, 0.4) is 0 Å². The summed E-state index contributed by atoms with van der Waals surface area (Å²) in [6.07, 6.45) is -4.30. The monoisotopic (exact) mass is 328 g/mol. The maximum absolute atomic E-state index is 12.6. The van der Waals surface area contributed by atoms with Gasteiger partial charge in [-0.1, -0.05) is 18.2 Å². The average molecular weight is 328 g/mol. The minimum Gasteiger partial charge on any atom is -0.354 e. The van der Waals surface area contributed by atoms with E-state index in [0.29, 0.717) is 0 Å². The number of carbonyl (C=O) groups is 3. The third-order valence-electron chi connectivity index (χ3n) is 3.43. The van der Waals surface area contributed by atoms with Crippen molar-refractivity contribution >= 4 is 17.7 Å². The molecule has 0 radical (unpaired) electrons. The van der Waals surface area contributed by atoms with Crippen molar-refractivity contribution in [2.75, 3.05) is 13.1 Å². The molecule has 1 aliphatic rings. The number of imide groups is 1. The molecule has 1 aromatic carbocycles. The van der Waals surface area contributed by atoms with Gasteiger partial charge in [0.05, 0.1) is 12.0 Å². The van der Waals surface area contributed by atoms with Crippen molar-refractivity contribution in [2.45, 2.75) is 25.4 Å². The zero-order chi connectivity index (χ0) is 17.0. The Morgan fingerprint density at radius 1 is 1.17 bits per heavy atom. The number of carbonyl (C=O) groups excluding carboxylic acids is 3. The van der Waals surface area contributed by atoms with Crippen LogP contribution in [0.15, 0.2) is 24.3 Å². The normalized spacial score (nSPS) is 15.2. The average Bonchev–Trinajstić information content (AvgIpc) is 2.78. The molecule has 1 fully saturated rings. The number of benzene rings is 1. The zero-order valence-corrected chi connectivity index (χ0v) is 12.2. The Bertz CT molecular complexity index is 613. The van der Waals surface area contributed by atoms with Gasteiger partial charge in [0.2, 0.25) is 17.7 Å². The molecular weight excluding hydrogens is 313 g/mol. The maximum Gasteiger partial charge on any atom is 0.416 e. The molecule has 3 amide bonds. The third kappa shape index (κ3) is 4.54. The van der Waals surface area contributed by atoms with Gasteiger partial charge in [-0.15, -0.1) is 0 Å². The highest BCUT2D eigenvalue weighted by molar-refractivity contribution is 6.01. The Morgan fingerprint density at radius 3 is 2.43 bits per heavy atom. The SMILES string of the molecule is O=C(Cc1cccc(C(F)(F)F)c1)NCCN1C(=O)CCC1=O. The number of halogens is 3. The zero-order valence-electron chi connectivity index (χ0n) is 12.2. The molecule has 0 spiro atoms. The van der Waals surface area contributed by atoms with Gasteiger partial charge in [0.25, 0.3) is 0 Å². The number of nitrogens with one attached hydrogen (secondary N) is 1. The number of hydrogen-bond acceptors (Lipinski definition) is 3. The Labute approximate surface area is 130 Å². The Balaban J connectivity index is 1.83. The van der Waals surface area contributed by atoms with E-state index >= 15 is 0 Å². The lowest BCUT2D eigenvalue weighted by atomic mass is 10.1. The molecule has 0 aliphatic carbocycles. The Hall–Kier alpha value is -2.38. The summed E-state index contributed by atoms with van der Waals surface area (Å²) in [4.78, 5) is 35.5. The van der Waals surface area contributed by atoms with Crippen LogP contribution >= 0.6 is 0 Å². The van der Waals surface area contributed by atoms with E-state index in [0.717, 1.165) is 17.0 Å². The first-order valence-electron chi connectivity index (χ1n) is 7.03. The molecule has 1 aliphatic heterocycles. The Morgan fingerprint density at radius 2 is 1.83 bits per heavy atom. The second kappa shape index (κ2) is 6.80. The fourth-order valence-corrected chi connectivity index (χ4v) is 2.28. The van der Waals surface area contributed by atoms with Crippen molar-refractivity contribution in [3.05, 3.63) is 35.4 Å². The topological polar surface area (TPSA) is 66.5 Å². The maximum atomic E-state index is 12.6. The number of amides is 3. The van der Waals surface area contributed by atoms with Crippen LogP contribution in [0.5, 0.6) is 0 Å². The van der Waals surface area contributed by atoms with Crippen molar-refractivity contribution in [1.82, 2.24) is 10.2 Å². The van der Waals surface area contributed by atoms with Crippen molar-refractivity contribution in [1.29, 1.82) is 0 Å². The van der Waals surface area contributed by atoms with Gasteiger partial charge in [0.1, 0.15) is 0 Å². The predicted octanol–water partition coefficient (Wildman–Crippen LogP) is 1.51. The van der Waals surface area contributed by atoms with Crippen molar-refractivity contribution in [3.63, 3.8) is 0 Å². The highest BCUT2D eigenvalue weighted by Gasteiger charge is 2.30. The standard InChI is InChI=1S/C15H15F3N2O3/c16-15(17,18)11-3-1-2-10(8-11)9-12(21)19-6-7-20-13(22)4-5-14(20)23/h1-3,8H,4-7,9H2,(H,19,21). The molecule has 1 saturated heterocycles. The van der Waals surface area contributed by atoms with Crippen LogP contribution in [0.25, 0.3) is 0 Å². The minimum absolute atomic E-state index is 0.0754. The van der Waals surface area contributed by atoms with Gasteiger partial charge < -0.3 is 5.32 Å². The first-order chi connectivity index (χ1) is 10.8. The smallest absolute Gasteiger partial charge is 0.354 e. The lowest BCUT2D eigenvalue weighted by Crippen LogP contribution is -2.38. The van der Waals surface area contributed by atoms with Crippen LogP contribution in [0, 0.1) is 0 Å². The molecule has 0 aromatic heterocycles. The molecule has 0 saturated carbocycles. The summed E-state index contributed by atoms with van der Waals surface area (Å²) in [7, 11) is 0. The number of alkyl halides is 3. The summed E-state index contributed by atoms with van der Waals surface area (Å²) in [6.45, 7) is 0.154. The molecule has 0 atom stereocenters. The summed E-state index contributed by atoms with van der Waals surface area (Å²) in [5, 5.41) is 2.49. The van der Waals surface area contributed by atoms with Gasteiger partial charge in [-0.3, -0.25) is 19.3 Å². The number of likely N-dealkylation sites (tertiary alicyclic amines) is 1. The summed E-state index contributed by atoms with van der Waals surface area (Å²) >= 11 is 0. The van der Waals surface area contributed by atoms with Crippen molar-refractivity contribution in [3.8, 4) is 0 Å². The van der Waals surface area contributed by atoms with E-state index < -0.39 is 17.6 Å². The van der Waals surface area contributed by atoms with Crippen LogP contribution in [-0.4, -0.2) is 35.7 Å². The van der Waals surface area contributed by atoms with Crippen LogP contribution < -0.4 is 5.32 Å². The molecule has 2 rings (SSSR count). The summed E-state index contributed by atoms with van der Waals surface area (Å²) in [6, 6.07) is 4.54. The van der Waals surface area contributed by atoms with E-state index in [-0.39, 0.29) is 49.7 Å². The molecule has 1 aromatic rings. The summed E-state index contributed by atoms with van der Waals surface area (Å²) < 4.78 is 37.8. The molecule has 0 unspecified atom stereocenters. The van der Waals surface area contributed by atoms with Crippen LogP contribution in [0.2, 0.25) is 0 Å². The van der Waals surface area contributed by atoms with Crippen molar-refractivity contribution in [2.24, 2.45) is 0 Å². The molecule has 124 valence electrons. The van der Waals surface area contributed by atoms with Gasteiger partial charge >= 0.3 is 6.18 Å². The fourth-order valence-electron chi connectivity index (χ4n) is 2.28. The highest BCUT2D eigenvalue weighted by Crippen LogP contribution is 2.29. The van der Waals surface area contributed by atoms with E-state index in [2.05, 4.69) is 5.32 Å². The Kier molecular flexibility index (Phi) is 5.02. The van der Waals surface area contributed by atoms with Crippen LogP contribution in [0.4, 0.5) is 13.2 Å². The molecular formula is C15H15F3N2O3. The molecule has 0 bridgehead atoms. The molecule has 23 heavy (non-hydrogen) atoms. The van der Waals surface area contributed by atoms with E-state index in [1.54, 1.807) is 0 Å². The second-order valence-electron chi connectivity index (χ2n) is 5.16. The third-order valence-corrected chi connectivity index (χ3v) is 3.43. The predicted molar refractivity (Wildman–Crippen MR) is 74.1 cm³/mol. The molecule has 1 N–H and O–H groups in total. The second-order valence-corrected chi connectivity index (χ2v) is 5.16. The highest BCUT2D eigenvalue weighted by atomic mass is 19.4. The van der Waals surface area contributed by atoms with E-state index in [4.69, 9.17) is 0 Å². The summed E-state index contributed by atoms with van der Waals surface area (Å²) in [5.74, 6) is -1.02. The van der Waals surface area contributed by atoms with Crippen LogP contribution in [0.1, 0.15) is 24.0 Å². The molecule has 5 nitrogen and oxygen atoms in total. The van der Waals surface area contributed by atoms with E-state index in [1.165, 1.54) is 12.1 Å². The minimum atomic E-state index is -4.46. The van der Waals surface area contributed by atoms with Gasteiger partial charge in [-0.2, -0.15) is 13.2 Å². The fraction of sp³-hybridized carbons (Fsp3) is 0.400. The lowest BCUT2D eigenvalue weighted by molar-refractivity contribution is -0.139. The largest absolute Gasteiger partial charge is 0.416 e. The molecule has 1 heterocycles. The van der Waals surface area contributed by atoms with E-state index in [1.807, 2.05) is 0 Å². The first kappa shape index (κ1) is 17.0. The van der Waals surface area contributed by atoms with E-state index in [9.17, 15) is 27.6 Å².